The third kappa shape index (κ3) is 3.83. The van der Waals surface area contributed by atoms with E-state index < -0.39 is 23.2 Å². The van der Waals surface area contributed by atoms with Crippen LogP contribution in [0, 0.1) is 25.5 Å². The van der Waals surface area contributed by atoms with Gasteiger partial charge >= 0.3 is 0 Å². The average Bonchev–Trinajstić information content (AvgIpc) is 2.59. The van der Waals surface area contributed by atoms with Crippen molar-refractivity contribution in [1.29, 1.82) is 0 Å². The largest absolute Gasteiger partial charge is 0.324 e. The second kappa shape index (κ2) is 7.26. The van der Waals surface area contributed by atoms with E-state index in [4.69, 9.17) is 0 Å². The molecule has 0 radical (unpaired) electrons. The highest BCUT2D eigenvalue weighted by Crippen LogP contribution is 2.20. The summed E-state index contributed by atoms with van der Waals surface area (Å²) in [4.78, 5) is 20.8. The zero-order valence-corrected chi connectivity index (χ0v) is 14.2. The number of hydrogen-bond acceptors (Lipinski definition) is 4. The van der Waals surface area contributed by atoms with Crippen LogP contribution in [0.25, 0.3) is 0 Å². The Morgan fingerprint density at radius 2 is 1.65 bits per heavy atom. The third-order valence-corrected chi connectivity index (χ3v) is 3.68. The van der Waals surface area contributed by atoms with Crippen LogP contribution in [0.4, 0.5) is 26.1 Å². The summed E-state index contributed by atoms with van der Waals surface area (Å²) in [7, 11) is 0. The first-order chi connectivity index (χ1) is 12.4. The molecule has 3 aromatic rings. The molecule has 1 heterocycles. The average molecular weight is 354 g/mol. The van der Waals surface area contributed by atoms with E-state index in [1.54, 1.807) is 6.92 Å². The molecule has 0 aliphatic carbocycles. The molecule has 7 heteroatoms. The normalized spacial score (nSPS) is 10.5. The molecule has 0 atom stereocenters. The molecule has 0 saturated carbocycles. The number of rotatable bonds is 4. The number of carbonyl (C=O) groups excluding carboxylic acids is 1. The number of halogens is 2. The van der Waals surface area contributed by atoms with Crippen LogP contribution in [-0.4, -0.2) is 15.9 Å². The van der Waals surface area contributed by atoms with E-state index in [0.29, 0.717) is 5.69 Å². The van der Waals surface area contributed by atoms with E-state index in [9.17, 15) is 13.6 Å². The Labute approximate surface area is 149 Å². The molecule has 0 bridgehead atoms. The van der Waals surface area contributed by atoms with Gasteiger partial charge in [-0.15, -0.1) is 0 Å². The molecule has 0 spiro atoms. The fraction of sp³-hybridized carbons (Fsp3) is 0.105. The maximum Gasteiger partial charge on any atom is 0.274 e. The lowest BCUT2D eigenvalue weighted by molar-refractivity contribution is 0.102. The summed E-state index contributed by atoms with van der Waals surface area (Å²) in [5.41, 5.74) is 1.80. The highest BCUT2D eigenvalue weighted by molar-refractivity contribution is 6.03. The predicted molar refractivity (Wildman–Crippen MR) is 95.5 cm³/mol. The van der Waals surface area contributed by atoms with Crippen molar-refractivity contribution in [2.24, 2.45) is 0 Å². The van der Waals surface area contributed by atoms with Crippen LogP contribution in [0.2, 0.25) is 0 Å². The number of amides is 1. The van der Waals surface area contributed by atoms with E-state index in [1.165, 1.54) is 12.1 Å². The minimum Gasteiger partial charge on any atom is -0.324 e. The Kier molecular flexibility index (Phi) is 4.88. The van der Waals surface area contributed by atoms with Gasteiger partial charge in [-0.1, -0.05) is 24.3 Å². The molecule has 26 heavy (non-hydrogen) atoms. The number of carbonyl (C=O) groups is 1. The van der Waals surface area contributed by atoms with Gasteiger partial charge in [-0.05, 0) is 43.7 Å². The van der Waals surface area contributed by atoms with Crippen molar-refractivity contribution in [2.75, 3.05) is 10.6 Å². The molecular weight excluding hydrogens is 338 g/mol. The van der Waals surface area contributed by atoms with E-state index in [-0.39, 0.29) is 11.6 Å². The summed E-state index contributed by atoms with van der Waals surface area (Å²) in [6.45, 7) is 3.62. The molecule has 1 amide bonds. The minimum absolute atomic E-state index is 0.00348. The highest BCUT2D eigenvalue weighted by Gasteiger charge is 2.16. The number of benzene rings is 2. The standard InChI is InChI=1S/C19H16F2N4O/c1-11-6-3-4-9-15(11)23-19-22-12(2)10-16(24-19)18(26)25-17-13(20)7-5-8-14(17)21/h3-10H,1-2H3,(H,25,26)(H,22,23,24). The van der Waals surface area contributed by atoms with Gasteiger partial charge < -0.3 is 10.6 Å². The fourth-order valence-electron chi connectivity index (χ4n) is 2.37. The van der Waals surface area contributed by atoms with Crippen molar-refractivity contribution in [3.8, 4) is 0 Å². The fourth-order valence-corrected chi connectivity index (χ4v) is 2.37. The van der Waals surface area contributed by atoms with Crippen LogP contribution in [-0.2, 0) is 0 Å². The van der Waals surface area contributed by atoms with Crippen LogP contribution in [0.5, 0.6) is 0 Å². The Morgan fingerprint density at radius 1 is 0.962 bits per heavy atom. The van der Waals surface area contributed by atoms with Crippen molar-refractivity contribution in [2.45, 2.75) is 13.8 Å². The van der Waals surface area contributed by atoms with Crippen molar-refractivity contribution in [1.82, 2.24) is 9.97 Å². The number of aryl methyl sites for hydroxylation is 2. The molecular formula is C19H16F2N4O. The van der Waals surface area contributed by atoms with Gasteiger partial charge in [-0.25, -0.2) is 18.7 Å². The zero-order chi connectivity index (χ0) is 18.7. The first kappa shape index (κ1) is 17.5. The van der Waals surface area contributed by atoms with Gasteiger partial charge in [-0.3, -0.25) is 4.79 Å². The molecule has 0 fully saturated rings. The number of nitrogens with zero attached hydrogens (tertiary/aromatic N) is 2. The second-order valence-corrected chi connectivity index (χ2v) is 5.71. The van der Waals surface area contributed by atoms with Crippen molar-refractivity contribution in [3.05, 3.63) is 77.1 Å². The van der Waals surface area contributed by atoms with Crippen molar-refractivity contribution >= 4 is 23.2 Å². The van der Waals surface area contributed by atoms with Gasteiger partial charge in [-0.2, -0.15) is 0 Å². The zero-order valence-electron chi connectivity index (χ0n) is 14.2. The summed E-state index contributed by atoms with van der Waals surface area (Å²) >= 11 is 0. The SMILES string of the molecule is Cc1cc(C(=O)Nc2c(F)cccc2F)nc(Nc2ccccc2C)n1. The van der Waals surface area contributed by atoms with E-state index in [2.05, 4.69) is 20.6 Å². The molecule has 2 N–H and O–H groups in total. The van der Waals surface area contributed by atoms with Crippen LogP contribution in [0.3, 0.4) is 0 Å². The van der Waals surface area contributed by atoms with Crippen LogP contribution in [0.15, 0.2) is 48.5 Å². The number of para-hydroxylation sites is 2. The van der Waals surface area contributed by atoms with Gasteiger partial charge in [0.25, 0.3) is 5.91 Å². The van der Waals surface area contributed by atoms with Crippen LogP contribution >= 0.6 is 0 Å². The van der Waals surface area contributed by atoms with Gasteiger partial charge in [0.2, 0.25) is 5.95 Å². The first-order valence-electron chi connectivity index (χ1n) is 7.88. The minimum atomic E-state index is -0.859. The third-order valence-electron chi connectivity index (χ3n) is 3.68. The quantitative estimate of drug-likeness (QED) is 0.730. The second-order valence-electron chi connectivity index (χ2n) is 5.71. The van der Waals surface area contributed by atoms with Gasteiger partial charge in [0, 0.05) is 11.4 Å². The smallest absolute Gasteiger partial charge is 0.274 e. The highest BCUT2D eigenvalue weighted by atomic mass is 19.1. The monoisotopic (exact) mass is 354 g/mol. The Morgan fingerprint density at radius 3 is 2.35 bits per heavy atom. The van der Waals surface area contributed by atoms with Gasteiger partial charge in [0.05, 0.1) is 0 Å². The molecule has 0 saturated heterocycles. The summed E-state index contributed by atoms with van der Waals surface area (Å²) in [5, 5.41) is 5.26. The van der Waals surface area contributed by atoms with Gasteiger partial charge in [0.1, 0.15) is 23.0 Å². The lowest BCUT2D eigenvalue weighted by Crippen LogP contribution is -2.17. The van der Waals surface area contributed by atoms with Crippen molar-refractivity contribution < 1.29 is 13.6 Å². The molecule has 3 rings (SSSR count). The van der Waals surface area contributed by atoms with Crippen molar-refractivity contribution in [3.63, 3.8) is 0 Å². The van der Waals surface area contributed by atoms with E-state index in [1.807, 2.05) is 31.2 Å². The molecule has 2 aromatic carbocycles. The lowest BCUT2D eigenvalue weighted by Gasteiger charge is -2.11. The maximum absolute atomic E-state index is 13.7. The maximum atomic E-state index is 13.7. The molecule has 1 aromatic heterocycles. The topological polar surface area (TPSA) is 66.9 Å². The van der Waals surface area contributed by atoms with Crippen LogP contribution < -0.4 is 10.6 Å². The molecule has 0 aliphatic rings. The molecule has 132 valence electrons. The van der Waals surface area contributed by atoms with E-state index >= 15 is 0 Å². The summed E-state index contributed by atoms with van der Waals surface area (Å²) in [6, 6.07) is 12.3. The summed E-state index contributed by atoms with van der Waals surface area (Å²) < 4.78 is 27.4. The predicted octanol–water partition coefficient (Wildman–Crippen LogP) is 4.37. The lowest BCUT2D eigenvalue weighted by atomic mass is 10.2. The summed E-state index contributed by atoms with van der Waals surface area (Å²) in [5.74, 6) is -2.23. The van der Waals surface area contributed by atoms with Gasteiger partial charge in [0.15, 0.2) is 0 Å². The Hall–Kier alpha value is -3.35. The van der Waals surface area contributed by atoms with E-state index in [0.717, 1.165) is 23.4 Å². The van der Waals surface area contributed by atoms with Crippen LogP contribution in [0.1, 0.15) is 21.7 Å². The Balaban J connectivity index is 1.87. The number of nitrogens with one attached hydrogen (secondary N) is 2. The molecule has 5 nitrogen and oxygen atoms in total. The number of anilines is 3. The summed E-state index contributed by atoms with van der Waals surface area (Å²) in [6.07, 6.45) is 0. The first-order valence-corrected chi connectivity index (χ1v) is 7.88. The number of aromatic nitrogens is 2. The number of hydrogen-bond donors (Lipinski definition) is 2. The molecule has 0 unspecified atom stereocenters. The Bertz CT molecular complexity index is 955. The molecule has 0 aliphatic heterocycles.